The molecule has 6 rings (SSSR count). The number of amides is 1. The van der Waals surface area contributed by atoms with Gasteiger partial charge in [0.25, 0.3) is 0 Å². The average Bonchev–Trinajstić information content (AvgIpc) is 3.38. The average molecular weight is 475 g/mol. The van der Waals surface area contributed by atoms with Gasteiger partial charge in [0, 0.05) is 6.04 Å². The van der Waals surface area contributed by atoms with Gasteiger partial charge in [-0.2, -0.15) is 0 Å². The van der Waals surface area contributed by atoms with E-state index in [1.54, 1.807) is 11.3 Å². The highest BCUT2D eigenvalue weighted by molar-refractivity contribution is 7.99. The molecular weight excluding hydrogens is 452 g/mol. The summed E-state index contributed by atoms with van der Waals surface area (Å²) in [6, 6.07) is 22.2. The quantitative estimate of drug-likeness (QED) is 0.341. The summed E-state index contributed by atoms with van der Waals surface area (Å²) in [5, 5.41) is 11.8. The van der Waals surface area contributed by atoms with Crippen LogP contribution in [0.2, 0.25) is 0 Å². The van der Waals surface area contributed by atoms with Crippen molar-refractivity contribution in [3.63, 3.8) is 0 Å². The third kappa shape index (κ3) is 3.94. The second kappa shape index (κ2) is 8.68. The molecule has 2 aliphatic rings. The lowest BCUT2D eigenvalue weighted by Crippen LogP contribution is -2.42. The van der Waals surface area contributed by atoms with E-state index in [9.17, 15) is 4.79 Å². The Morgan fingerprint density at radius 3 is 2.64 bits per heavy atom. The first kappa shape index (κ1) is 20.5. The number of fused-ring (bicyclic) bond motifs is 1. The highest BCUT2D eigenvalue weighted by atomic mass is 32.2. The number of benzene rings is 2. The molecule has 1 aliphatic heterocycles. The maximum atomic E-state index is 13.6. The number of ether oxygens (including phenoxy) is 1. The highest BCUT2D eigenvalue weighted by Crippen LogP contribution is 2.43. The van der Waals surface area contributed by atoms with Crippen LogP contribution in [-0.4, -0.2) is 33.0 Å². The summed E-state index contributed by atoms with van der Waals surface area (Å²) in [6.45, 7) is 0.429. The van der Waals surface area contributed by atoms with Crippen molar-refractivity contribution < 1.29 is 9.53 Å². The fraction of sp³-hybridized carbons (Fsp3) is 0.240. The number of carbonyl (C=O) groups is 1. The van der Waals surface area contributed by atoms with Crippen LogP contribution in [-0.2, 0) is 4.79 Å². The lowest BCUT2D eigenvalue weighted by Gasteiger charge is -2.37. The largest absolute Gasteiger partial charge is 0.489 e. The van der Waals surface area contributed by atoms with Gasteiger partial charge in [0.2, 0.25) is 5.91 Å². The van der Waals surface area contributed by atoms with Gasteiger partial charge in [-0.05, 0) is 42.0 Å². The summed E-state index contributed by atoms with van der Waals surface area (Å²) in [5.74, 6) is 1.96. The molecule has 1 saturated carbocycles. The number of anilines is 1. The number of carbonyl (C=O) groups excluding carboxylic acids is 1. The molecule has 3 heterocycles. The van der Waals surface area contributed by atoms with Crippen LogP contribution in [0.4, 0.5) is 5.69 Å². The second-order valence-electron chi connectivity index (χ2n) is 8.14. The van der Waals surface area contributed by atoms with Crippen molar-refractivity contribution in [2.75, 3.05) is 17.3 Å². The van der Waals surface area contributed by atoms with Crippen molar-refractivity contribution in [1.82, 2.24) is 14.8 Å². The SMILES string of the molecule is O=C(CSc1nnc(-c2cccs2)n1C1CC1)N1c2ccccc2OC[C@H]1c1ccccc1. The highest BCUT2D eigenvalue weighted by Gasteiger charge is 2.34. The van der Waals surface area contributed by atoms with E-state index in [1.807, 2.05) is 65.6 Å². The third-order valence-electron chi connectivity index (χ3n) is 5.93. The van der Waals surface area contributed by atoms with Crippen LogP contribution in [0, 0.1) is 0 Å². The molecule has 0 unspecified atom stereocenters. The smallest absolute Gasteiger partial charge is 0.238 e. The van der Waals surface area contributed by atoms with Crippen molar-refractivity contribution in [2.24, 2.45) is 0 Å². The molecule has 0 radical (unpaired) electrons. The molecule has 1 fully saturated rings. The Morgan fingerprint density at radius 1 is 1.03 bits per heavy atom. The Bertz CT molecular complexity index is 1270. The minimum atomic E-state index is -0.169. The Labute approximate surface area is 200 Å². The maximum absolute atomic E-state index is 13.6. The van der Waals surface area contributed by atoms with Crippen LogP contribution < -0.4 is 9.64 Å². The minimum Gasteiger partial charge on any atom is -0.489 e. The normalized spacial score (nSPS) is 17.5. The topological polar surface area (TPSA) is 60.2 Å². The van der Waals surface area contributed by atoms with Gasteiger partial charge in [0.15, 0.2) is 11.0 Å². The van der Waals surface area contributed by atoms with Gasteiger partial charge >= 0.3 is 0 Å². The zero-order valence-corrected chi connectivity index (χ0v) is 19.5. The van der Waals surface area contributed by atoms with Crippen LogP contribution in [0.15, 0.2) is 77.3 Å². The molecule has 2 aromatic carbocycles. The molecule has 8 heteroatoms. The molecule has 4 aromatic rings. The van der Waals surface area contributed by atoms with Gasteiger partial charge in [-0.1, -0.05) is 60.3 Å². The van der Waals surface area contributed by atoms with Crippen molar-refractivity contribution >= 4 is 34.7 Å². The number of rotatable bonds is 6. The van der Waals surface area contributed by atoms with E-state index >= 15 is 0 Å². The number of para-hydroxylation sites is 2. The van der Waals surface area contributed by atoms with E-state index in [1.165, 1.54) is 11.8 Å². The fourth-order valence-electron chi connectivity index (χ4n) is 4.22. The summed E-state index contributed by atoms with van der Waals surface area (Å²) in [7, 11) is 0. The number of thioether (sulfide) groups is 1. The lowest BCUT2D eigenvalue weighted by atomic mass is 10.0. The van der Waals surface area contributed by atoms with Gasteiger partial charge in [0.05, 0.1) is 22.4 Å². The van der Waals surface area contributed by atoms with Crippen molar-refractivity contribution in [1.29, 1.82) is 0 Å². The zero-order valence-electron chi connectivity index (χ0n) is 17.8. The van der Waals surface area contributed by atoms with Gasteiger partial charge in [-0.25, -0.2) is 0 Å². The maximum Gasteiger partial charge on any atom is 0.238 e. The Morgan fingerprint density at radius 2 is 1.85 bits per heavy atom. The lowest BCUT2D eigenvalue weighted by molar-refractivity contribution is -0.117. The van der Waals surface area contributed by atoms with Gasteiger partial charge < -0.3 is 4.74 Å². The molecule has 1 amide bonds. The van der Waals surface area contributed by atoms with E-state index in [4.69, 9.17) is 4.74 Å². The molecule has 0 N–H and O–H groups in total. The Balaban J connectivity index is 1.28. The van der Waals surface area contributed by atoms with Gasteiger partial charge in [-0.15, -0.1) is 21.5 Å². The number of hydrogen-bond donors (Lipinski definition) is 0. The molecule has 0 spiro atoms. The molecule has 166 valence electrons. The first-order valence-corrected chi connectivity index (χ1v) is 12.9. The molecule has 0 saturated heterocycles. The first-order valence-electron chi connectivity index (χ1n) is 11.0. The van der Waals surface area contributed by atoms with Crippen molar-refractivity contribution in [3.05, 3.63) is 77.7 Å². The standard InChI is InChI=1S/C25H22N4O2S2/c30-23(16-33-25-27-26-24(22-11-6-14-32-22)28(25)18-12-13-18)29-19-9-4-5-10-21(19)31-15-20(29)17-7-2-1-3-8-17/h1-11,14,18,20H,12-13,15-16H2/t20-/m0/s1. The van der Waals surface area contributed by atoms with Crippen LogP contribution in [0.3, 0.4) is 0 Å². The summed E-state index contributed by atoms with van der Waals surface area (Å²) in [6.07, 6.45) is 2.26. The summed E-state index contributed by atoms with van der Waals surface area (Å²) < 4.78 is 8.23. The number of aromatic nitrogens is 3. The Kier molecular flexibility index (Phi) is 5.39. The summed E-state index contributed by atoms with van der Waals surface area (Å²) >= 11 is 3.13. The second-order valence-corrected chi connectivity index (χ2v) is 10.0. The predicted molar refractivity (Wildman–Crippen MR) is 131 cm³/mol. The first-order chi connectivity index (χ1) is 16.3. The van der Waals surface area contributed by atoms with Crippen molar-refractivity contribution in [2.45, 2.75) is 30.1 Å². The van der Waals surface area contributed by atoms with Crippen LogP contribution >= 0.6 is 23.1 Å². The minimum absolute atomic E-state index is 0.0348. The Hall–Kier alpha value is -3.10. The number of nitrogens with zero attached hydrogens (tertiary/aromatic N) is 4. The van der Waals surface area contributed by atoms with E-state index in [0.717, 1.165) is 45.7 Å². The van der Waals surface area contributed by atoms with Crippen LogP contribution in [0.1, 0.15) is 30.5 Å². The fourth-order valence-corrected chi connectivity index (χ4v) is 5.80. The molecule has 1 aliphatic carbocycles. The van der Waals surface area contributed by atoms with Crippen LogP contribution in [0.5, 0.6) is 5.75 Å². The van der Waals surface area contributed by atoms with E-state index in [0.29, 0.717) is 12.6 Å². The van der Waals surface area contributed by atoms with Crippen LogP contribution in [0.25, 0.3) is 10.7 Å². The summed E-state index contributed by atoms with van der Waals surface area (Å²) in [5.41, 5.74) is 1.87. The molecule has 33 heavy (non-hydrogen) atoms. The molecule has 0 bridgehead atoms. The molecular formula is C25H22N4O2S2. The van der Waals surface area contributed by atoms with E-state index in [-0.39, 0.29) is 17.7 Å². The predicted octanol–water partition coefficient (Wildman–Crippen LogP) is 5.60. The molecule has 2 aromatic heterocycles. The number of hydrogen-bond acceptors (Lipinski definition) is 6. The molecule has 1 atom stereocenters. The third-order valence-corrected chi connectivity index (χ3v) is 7.72. The van der Waals surface area contributed by atoms with Gasteiger partial charge in [0.1, 0.15) is 12.4 Å². The van der Waals surface area contributed by atoms with E-state index in [2.05, 4.69) is 26.2 Å². The zero-order chi connectivity index (χ0) is 22.2. The monoisotopic (exact) mass is 474 g/mol. The molecule has 6 nitrogen and oxygen atoms in total. The van der Waals surface area contributed by atoms with E-state index < -0.39 is 0 Å². The summed E-state index contributed by atoms with van der Waals surface area (Å²) in [4.78, 5) is 16.6. The van der Waals surface area contributed by atoms with Crippen molar-refractivity contribution in [3.8, 4) is 16.5 Å². The van der Waals surface area contributed by atoms with Gasteiger partial charge in [-0.3, -0.25) is 14.3 Å². The number of thiophene rings is 1.